The normalized spacial score (nSPS) is 19.8. The third kappa shape index (κ3) is 5.11. The fourth-order valence-electron chi connectivity index (χ4n) is 3.96. The van der Waals surface area contributed by atoms with Gasteiger partial charge in [-0.2, -0.15) is 0 Å². The second-order valence-electron chi connectivity index (χ2n) is 7.78. The van der Waals surface area contributed by atoms with Crippen molar-refractivity contribution in [3.63, 3.8) is 0 Å². The van der Waals surface area contributed by atoms with Crippen LogP contribution in [-0.4, -0.2) is 6.61 Å². The van der Waals surface area contributed by atoms with Gasteiger partial charge in [0.25, 0.3) is 0 Å². The molecule has 2 atom stereocenters. The lowest BCUT2D eigenvalue weighted by Gasteiger charge is -2.28. The summed E-state index contributed by atoms with van der Waals surface area (Å²) < 4.78 is 49.8. The Hall–Kier alpha value is -2.07. The molecule has 156 valence electrons. The summed E-state index contributed by atoms with van der Waals surface area (Å²) in [5.41, 5.74) is 1.13. The lowest BCUT2D eigenvalue weighted by molar-refractivity contribution is -0.00538. The van der Waals surface area contributed by atoms with E-state index in [9.17, 15) is 13.2 Å². The SMILES string of the molecule is C/C=C/C1CCC(c2ccc(-c3ccc(CCCCC)c(F)c3F)c(F)c2)OC1. The van der Waals surface area contributed by atoms with Crippen molar-refractivity contribution in [3.8, 4) is 11.1 Å². The number of aryl methyl sites for hydroxylation is 1. The summed E-state index contributed by atoms with van der Waals surface area (Å²) >= 11 is 0. The van der Waals surface area contributed by atoms with E-state index in [1.807, 2.05) is 13.0 Å². The fraction of sp³-hybridized carbons (Fsp3) is 0.440. The van der Waals surface area contributed by atoms with E-state index in [0.29, 0.717) is 24.5 Å². The summed E-state index contributed by atoms with van der Waals surface area (Å²) in [7, 11) is 0. The van der Waals surface area contributed by atoms with Gasteiger partial charge in [0.2, 0.25) is 0 Å². The maximum absolute atomic E-state index is 14.8. The smallest absolute Gasteiger partial charge is 0.167 e. The summed E-state index contributed by atoms with van der Waals surface area (Å²) in [6.45, 7) is 4.66. The van der Waals surface area contributed by atoms with Gasteiger partial charge in [-0.3, -0.25) is 0 Å². The van der Waals surface area contributed by atoms with Crippen LogP contribution in [-0.2, 0) is 11.2 Å². The van der Waals surface area contributed by atoms with E-state index >= 15 is 0 Å². The number of benzene rings is 2. The first-order valence-electron chi connectivity index (χ1n) is 10.6. The van der Waals surface area contributed by atoms with Crippen molar-refractivity contribution in [1.82, 2.24) is 0 Å². The molecule has 0 bridgehead atoms. The Labute approximate surface area is 171 Å². The highest BCUT2D eigenvalue weighted by molar-refractivity contribution is 5.66. The molecular formula is C25H29F3O. The maximum atomic E-state index is 14.8. The van der Waals surface area contributed by atoms with E-state index in [-0.39, 0.29) is 17.2 Å². The molecule has 2 aromatic carbocycles. The molecule has 1 aliphatic rings. The third-order valence-electron chi connectivity index (χ3n) is 5.64. The molecule has 0 amide bonds. The zero-order valence-corrected chi connectivity index (χ0v) is 17.2. The number of allylic oxidation sites excluding steroid dienone is 1. The Morgan fingerprint density at radius 2 is 1.79 bits per heavy atom. The van der Waals surface area contributed by atoms with E-state index in [2.05, 4.69) is 13.0 Å². The standard InChI is InChI=1S/C25H29F3O/c1-3-5-6-8-18-10-13-21(25(28)24(18)27)20-12-11-19(15-22(20)26)23-14-9-17(7-4-2)16-29-23/h4,7,10-13,15,17,23H,3,5-6,8-9,14,16H2,1-2H3/b7-4+. The van der Waals surface area contributed by atoms with Crippen molar-refractivity contribution in [3.05, 3.63) is 71.1 Å². The van der Waals surface area contributed by atoms with Gasteiger partial charge in [0.1, 0.15) is 5.82 Å². The van der Waals surface area contributed by atoms with Crippen molar-refractivity contribution in [1.29, 1.82) is 0 Å². The zero-order valence-electron chi connectivity index (χ0n) is 17.2. The van der Waals surface area contributed by atoms with Gasteiger partial charge in [-0.1, -0.05) is 56.2 Å². The van der Waals surface area contributed by atoms with Crippen LogP contribution >= 0.6 is 0 Å². The van der Waals surface area contributed by atoms with Crippen LogP contribution in [0.1, 0.15) is 63.2 Å². The van der Waals surface area contributed by atoms with Gasteiger partial charge < -0.3 is 4.74 Å². The third-order valence-corrected chi connectivity index (χ3v) is 5.64. The highest BCUT2D eigenvalue weighted by Gasteiger charge is 2.23. The Balaban J connectivity index is 1.78. The average molecular weight is 403 g/mol. The molecule has 4 heteroatoms. The van der Waals surface area contributed by atoms with E-state index in [0.717, 1.165) is 37.7 Å². The Morgan fingerprint density at radius 1 is 1.00 bits per heavy atom. The molecule has 0 saturated carbocycles. The van der Waals surface area contributed by atoms with Crippen LogP contribution in [0.4, 0.5) is 13.2 Å². The second-order valence-corrected chi connectivity index (χ2v) is 7.78. The molecule has 1 fully saturated rings. The van der Waals surface area contributed by atoms with Crippen LogP contribution in [0.3, 0.4) is 0 Å². The van der Waals surface area contributed by atoms with Gasteiger partial charge in [0.15, 0.2) is 11.6 Å². The highest BCUT2D eigenvalue weighted by Crippen LogP contribution is 2.35. The minimum atomic E-state index is -0.978. The number of unbranched alkanes of at least 4 members (excludes halogenated alkanes) is 2. The first kappa shape index (κ1) is 21.6. The van der Waals surface area contributed by atoms with Crippen LogP contribution in [0, 0.1) is 23.4 Å². The Kier molecular flexibility index (Phi) is 7.54. The summed E-state index contributed by atoms with van der Waals surface area (Å²) in [6, 6.07) is 7.73. The number of ether oxygens (including phenoxy) is 1. The molecule has 1 nitrogen and oxygen atoms in total. The first-order chi connectivity index (χ1) is 14.0. The molecule has 1 aliphatic heterocycles. The molecule has 1 saturated heterocycles. The Morgan fingerprint density at radius 3 is 2.45 bits per heavy atom. The fourth-order valence-corrected chi connectivity index (χ4v) is 3.96. The lowest BCUT2D eigenvalue weighted by Crippen LogP contribution is -2.19. The molecule has 0 aliphatic carbocycles. The van der Waals surface area contributed by atoms with E-state index < -0.39 is 17.5 Å². The Bertz CT molecular complexity index is 851. The summed E-state index contributed by atoms with van der Waals surface area (Å²) in [5.74, 6) is -2.01. The van der Waals surface area contributed by atoms with E-state index in [1.54, 1.807) is 12.1 Å². The molecule has 0 radical (unpaired) electrons. The monoisotopic (exact) mass is 402 g/mol. The lowest BCUT2D eigenvalue weighted by atomic mass is 9.93. The van der Waals surface area contributed by atoms with Crippen LogP contribution in [0.5, 0.6) is 0 Å². The molecule has 0 N–H and O–H groups in total. The molecule has 2 aromatic rings. The maximum Gasteiger partial charge on any atom is 0.167 e. The van der Waals surface area contributed by atoms with Crippen LogP contribution < -0.4 is 0 Å². The second kappa shape index (κ2) is 10.1. The summed E-state index contributed by atoms with van der Waals surface area (Å²) in [4.78, 5) is 0. The van der Waals surface area contributed by atoms with Crippen molar-refractivity contribution < 1.29 is 17.9 Å². The quantitative estimate of drug-likeness (QED) is 0.343. The summed E-state index contributed by atoms with van der Waals surface area (Å²) in [5, 5.41) is 0. The average Bonchev–Trinajstić information content (AvgIpc) is 2.73. The number of halogens is 3. The summed E-state index contributed by atoms with van der Waals surface area (Å²) in [6.07, 6.45) is 9.06. The largest absolute Gasteiger partial charge is 0.373 e. The number of rotatable bonds is 7. The highest BCUT2D eigenvalue weighted by atomic mass is 19.2. The van der Waals surface area contributed by atoms with Gasteiger partial charge in [0, 0.05) is 17.0 Å². The minimum Gasteiger partial charge on any atom is -0.373 e. The molecule has 1 heterocycles. The molecular weight excluding hydrogens is 373 g/mol. The van der Waals surface area contributed by atoms with E-state index in [1.165, 1.54) is 18.2 Å². The van der Waals surface area contributed by atoms with Gasteiger partial charge in [-0.15, -0.1) is 0 Å². The predicted octanol–water partition coefficient (Wildman–Crippen LogP) is 7.55. The zero-order chi connectivity index (χ0) is 20.8. The molecule has 0 aromatic heterocycles. The molecule has 2 unspecified atom stereocenters. The number of hydrogen-bond donors (Lipinski definition) is 0. The van der Waals surface area contributed by atoms with Crippen LogP contribution in [0.15, 0.2) is 42.5 Å². The van der Waals surface area contributed by atoms with Crippen LogP contribution in [0.2, 0.25) is 0 Å². The van der Waals surface area contributed by atoms with Gasteiger partial charge >= 0.3 is 0 Å². The minimum absolute atomic E-state index is 0.0384. The first-order valence-corrected chi connectivity index (χ1v) is 10.6. The van der Waals surface area contributed by atoms with Gasteiger partial charge in [-0.25, -0.2) is 13.2 Å². The molecule has 3 rings (SSSR count). The van der Waals surface area contributed by atoms with Crippen molar-refractivity contribution >= 4 is 0 Å². The van der Waals surface area contributed by atoms with Crippen molar-refractivity contribution in [2.24, 2.45) is 5.92 Å². The van der Waals surface area contributed by atoms with Crippen molar-refractivity contribution in [2.75, 3.05) is 6.61 Å². The van der Waals surface area contributed by atoms with Crippen molar-refractivity contribution in [2.45, 2.75) is 58.5 Å². The van der Waals surface area contributed by atoms with Gasteiger partial charge in [-0.05, 0) is 49.8 Å². The molecule has 0 spiro atoms. The topological polar surface area (TPSA) is 9.23 Å². The molecule has 29 heavy (non-hydrogen) atoms. The van der Waals surface area contributed by atoms with Gasteiger partial charge in [0.05, 0.1) is 12.7 Å². The van der Waals surface area contributed by atoms with Crippen LogP contribution in [0.25, 0.3) is 11.1 Å². The number of hydrogen-bond acceptors (Lipinski definition) is 1. The predicted molar refractivity (Wildman–Crippen MR) is 111 cm³/mol. The van der Waals surface area contributed by atoms with E-state index in [4.69, 9.17) is 4.74 Å².